The molecule has 1 saturated heterocycles. The van der Waals surface area contributed by atoms with Crippen molar-refractivity contribution in [2.75, 3.05) is 23.3 Å². The summed E-state index contributed by atoms with van der Waals surface area (Å²) in [6, 6.07) is 10.3. The highest BCUT2D eigenvalue weighted by Crippen LogP contribution is 2.28. The van der Waals surface area contributed by atoms with Gasteiger partial charge < -0.3 is 10.2 Å². The first-order valence-electron chi connectivity index (χ1n) is 7.75. The van der Waals surface area contributed by atoms with Crippen LogP contribution < -0.4 is 10.2 Å². The van der Waals surface area contributed by atoms with Crippen LogP contribution in [0.4, 0.5) is 20.2 Å². The molecule has 5 heteroatoms. The van der Waals surface area contributed by atoms with Crippen LogP contribution in [0.1, 0.15) is 29.6 Å². The average Bonchev–Trinajstić information content (AvgIpc) is 2.55. The lowest BCUT2D eigenvalue weighted by Gasteiger charge is -2.30. The van der Waals surface area contributed by atoms with Crippen LogP contribution in [-0.4, -0.2) is 19.0 Å². The molecule has 0 aromatic heterocycles. The van der Waals surface area contributed by atoms with Crippen molar-refractivity contribution < 1.29 is 13.6 Å². The third-order valence-electron chi connectivity index (χ3n) is 3.97. The predicted octanol–water partition coefficient (Wildman–Crippen LogP) is 4.21. The van der Waals surface area contributed by atoms with Gasteiger partial charge in [0.2, 0.25) is 0 Å². The van der Waals surface area contributed by atoms with Gasteiger partial charge in [0, 0.05) is 24.7 Å². The smallest absolute Gasteiger partial charge is 0.255 e. The quantitative estimate of drug-likeness (QED) is 0.920. The molecule has 0 saturated carbocycles. The van der Waals surface area contributed by atoms with Crippen LogP contribution in [0, 0.1) is 11.6 Å². The second-order valence-electron chi connectivity index (χ2n) is 5.68. The van der Waals surface area contributed by atoms with Gasteiger partial charge in [-0.25, -0.2) is 8.78 Å². The summed E-state index contributed by atoms with van der Waals surface area (Å²) in [6.45, 7) is 1.89. The van der Waals surface area contributed by atoms with Crippen LogP contribution in [0.15, 0.2) is 42.5 Å². The Labute approximate surface area is 133 Å². The van der Waals surface area contributed by atoms with Crippen LogP contribution >= 0.6 is 0 Å². The maximum atomic E-state index is 13.3. The topological polar surface area (TPSA) is 32.3 Å². The molecule has 1 heterocycles. The van der Waals surface area contributed by atoms with E-state index < -0.39 is 17.5 Å². The number of rotatable bonds is 3. The van der Waals surface area contributed by atoms with E-state index in [9.17, 15) is 13.6 Å². The van der Waals surface area contributed by atoms with Crippen molar-refractivity contribution in [2.24, 2.45) is 0 Å². The van der Waals surface area contributed by atoms with E-state index in [4.69, 9.17) is 0 Å². The minimum Gasteiger partial charge on any atom is -0.370 e. The van der Waals surface area contributed by atoms with Gasteiger partial charge in [-0.1, -0.05) is 12.1 Å². The van der Waals surface area contributed by atoms with Gasteiger partial charge in [0.15, 0.2) is 0 Å². The zero-order valence-corrected chi connectivity index (χ0v) is 12.7. The standard InChI is InChI=1S/C18H18F2N2O/c19-14-10-13(11-15(20)12-14)18(23)21-16-6-2-3-7-17(16)22-8-4-1-5-9-22/h2-3,6-7,10-12H,1,4-5,8-9H2,(H,21,23). The molecule has 1 aliphatic heterocycles. The van der Waals surface area contributed by atoms with Crippen LogP contribution in [-0.2, 0) is 0 Å². The fourth-order valence-electron chi connectivity index (χ4n) is 2.87. The summed E-state index contributed by atoms with van der Waals surface area (Å²) in [6.07, 6.45) is 3.46. The molecule has 120 valence electrons. The van der Waals surface area contributed by atoms with Gasteiger partial charge in [-0.2, -0.15) is 0 Å². The van der Waals surface area contributed by atoms with Crippen LogP contribution in [0.3, 0.4) is 0 Å². The van der Waals surface area contributed by atoms with E-state index in [1.807, 2.05) is 18.2 Å². The number of piperidine rings is 1. The SMILES string of the molecule is O=C(Nc1ccccc1N1CCCCC1)c1cc(F)cc(F)c1. The molecule has 1 amide bonds. The Morgan fingerprint density at radius 3 is 2.30 bits per heavy atom. The maximum absolute atomic E-state index is 13.3. The van der Waals surface area contributed by atoms with Gasteiger partial charge in [0.05, 0.1) is 11.4 Å². The van der Waals surface area contributed by atoms with E-state index in [-0.39, 0.29) is 5.56 Å². The number of hydrogen-bond donors (Lipinski definition) is 1. The highest BCUT2D eigenvalue weighted by atomic mass is 19.1. The van der Waals surface area contributed by atoms with E-state index in [1.165, 1.54) is 6.42 Å². The third kappa shape index (κ3) is 3.67. The Bertz CT molecular complexity index is 692. The number of nitrogens with one attached hydrogen (secondary N) is 1. The van der Waals surface area contributed by atoms with Crippen molar-refractivity contribution in [1.29, 1.82) is 0 Å². The van der Waals surface area contributed by atoms with Crippen molar-refractivity contribution in [2.45, 2.75) is 19.3 Å². The van der Waals surface area contributed by atoms with Gasteiger partial charge in [-0.15, -0.1) is 0 Å². The number of carbonyl (C=O) groups is 1. The molecular weight excluding hydrogens is 298 g/mol. The Balaban J connectivity index is 1.83. The van der Waals surface area contributed by atoms with Gasteiger partial charge in [0.25, 0.3) is 5.91 Å². The number of amides is 1. The molecule has 3 rings (SSSR count). The minimum atomic E-state index is -0.764. The Kier molecular flexibility index (Phi) is 4.55. The molecular formula is C18H18F2N2O. The van der Waals surface area contributed by atoms with E-state index in [0.29, 0.717) is 5.69 Å². The van der Waals surface area contributed by atoms with Gasteiger partial charge in [-0.05, 0) is 43.5 Å². The molecule has 3 nitrogen and oxygen atoms in total. The van der Waals surface area contributed by atoms with E-state index >= 15 is 0 Å². The van der Waals surface area contributed by atoms with Crippen molar-refractivity contribution in [3.8, 4) is 0 Å². The van der Waals surface area contributed by atoms with E-state index in [0.717, 1.165) is 49.8 Å². The Morgan fingerprint density at radius 1 is 0.957 bits per heavy atom. The number of nitrogens with zero attached hydrogens (tertiary/aromatic N) is 1. The lowest BCUT2D eigenvalue weighted by atomic mass is 10.1. The van der Waals surface area contributed by atoms with Crippen molar-refractivity contribution >= 4 is 17.3 Å². The second kappa shape index (κ2) is 6.77. The zero-order valence-electron chi connectivity index (χ0n) is 12.7. The summed E-state index contributed by atoms with van der Waals surface area (Å²) in [5, 5.41) is 2.76. The first-order chi connectivity index (χ1) is 11.1. The molecule has 0 aliphatic carbocycles. The monoisotopic (exact) mass is 316 g/mol. The number of hydrogen-bond acceptors (Lipinski definition) is 2. The highest BCUT2D eigenvalue weighted by molar-refractivity contribution is 6.06. The fraction of sp³-hybridized carbons (Fsp3) is 0.278. The maximum Gasteiger partial charge on any atom is 0.255 e. The third-order valence-corrected chi connectivity index (χ3v) is 3.97. The molecule has 2 aromatic carbocycles. The van der Waals surface area contributed by atoms with E-state index in [2.05, 4.69) is 10.2 Å². The van der Waals surface area contributed by atoms with Gasteiger partial charge in [0.1, 0.15) is 11.6 Å². The number of anilines is 2. The van der Waals surface area contributed by atoms with Crippen molar-refractivity contribution in [3.63, 3.8) is 0 Å². The number of carbonyl (C=O) groups excluding carboxylic acids is 1. The van der Waals surface area contributed by atoms with Crippen molar-refractivity contribution in [1.82, 2.24) is 0 Å². The summed E-state index contributed by atoms with van der Waals surface area (Å²) < 4.78 is 26.5. The summed E-state index contributed by atoms with van der Waals surface area (Å²) in [5.41, 5.74) is 1.57. The highest BCUT2D eigenvalue weighted by Gasteiger charge is 2.16. The van der Waals surface area contributed by atoms with Crippen LogP contribution in [0.5, 0.6) is 0 Å². The molecule has 2 aromatic rings. The predicted molar refractivity (Wildman–Crippen MR) is 86.8 cm³/mol. The largest absolute Gasteiger partial charge is 0.370 e. The molecule has 1 aliphatic rings. The second-order valence-corrected chi connectivity index (χ2v) is 5.68. The molecule has 0 bridgehead atoms. The van der Waals surface area contributed by atoms with Gasteiger partial charge in [-0.3, -0.25) is 4.79 Å². The van der Waals surface area contributed by atoms with Crippen LogP contribution in [0.25, 0.3) is 0 Å². The Hall–Kier alpha value is -2.43. The summed E-state index contributed by atoms with van der Waals surface area (Å²) in [4.78, 5) is 14.5. The van der Waals surface area contributed by atoms with Gasteiger partial charge >= 0.3 is 0 Å². The van der Waals surface area contributed by atoms with Crippen LogP contribution in [0.2, 0.25) is 0 Å². The lowest BCUT2D eigenvalue weighted by Crippen LogP contribution is -2.30. The zero-order chi connectivity index (χ0) is 16.2. The number of para-hydroxylation sites is 2. The molecule has 23 heavy (non-hydrogen) atoms. The lowest BCUT2D eigenvalue weighted by molar-refractivity contribution is 0.102. The fourth-order valence-corrected chi connectivity index (χ4v) is 2.87. The number of benzene rings is 2. The summed E-state index contributed by atoms with van der Waals surface area (Å²) in [5.74, 6) is -2.05. The summed E-state index contributed by atoms with van der Waals surface area (Å²) >= 11 is 0. The molecule has 1 N–H and O–H groups in total. The molecule has 0 unspecified atom stereocenters. The first kappa shape index (κ1) is 15.5. The summed E-state index contributed by atoms with van der Waals surface area (Å²) in [7, 11) is 0. The normalized spacial score (nSPS) is 14.6. The molecule has 1 fully saturated rings. The van der Waals surface area contributed by atoms with Crippen molar-refractivity contribution in [3.05, 3.63) is 59.7 Å². The number of halogens is 2. The first-order valence-corrected chi connectivity index (χ1v) is 7.75. The molecule has 0 radical (unpaired) electrons. The average molecular weight is 316 g/mol. The molecule has 0 atom stereocenters. The minimum absolute atomic E-state index is 0.0315. The Morgan fingerprint density at radius 2 is 1.61 bits per heavy atom. The van der Waals surface area contributed by atoms with E-state index in [1.54, 1.807) is 6.07 Å². The molecule has 0 spiro atoms.